The third-order valence-electron chi connectivity index (χ3n) is 2.92. The van der Waals surface area contributed by atoms with Crippen molar-refractivity contribution >= 4 is 23.4 Å². The van der Waals surface area contributed by atoms with Gasteiger partial charge in [-0.15, -0.1) is 0 Å². The van der Waals surface area contributed by atoms with Gasteiger partial charge in [0, 0.05) is 25.8 Å². The van der Waals surface area contributed by atoms with E-state index in [1.54, 1.807) is 0 Å². The minimum Gasteiger partial charge on any atom is -0.381 e. The van der Waals surface area contributed by atoms with Crippen molar-refractivity contribution in [2.75, 3.05) is 36.8 Å². The summed E-state index contributed by atoms with van der Waals surface area (Å²) in [5.74, 6) is 7.48. The highest BCUT2D eigenvalue weighted by atomic mass is 32.2. The van der Waals surface area contributed by atoms with Crippen molar-refractivity contribution < 1.29 is 4.74 Å². The maximum atomic E-state index is 5.38. The Morgan fingerprint density at radius 2 is 2.33 bits per heavy atom. The van der Waals surface area contributed by atoms with Gasteiger partial charge in [-0.2, -0.15) is 0 Å². The number of thioether (sulfide) groups is 1. The molecule has 0 spiro atoms. The van der Waals surface area contributed by atoms with Gasteiger partial charge in [0.1, 0.15) is 11.6 Å². The SMILES string of the molecule is CSc1nc(NN)cc(NCCC2CCOC2)n1. The predicted octanol–water partition coefficient (Wildman–Crippen LogP) is 1.32. The Kier molecular flexibility index (Phi) is 5.03. The highest BCUT2D eigenvalue weighted by molar-refractivity contribution is 7.98. The number of anilines is 2. The van der Waals surface area contributed by atoms with Crippen LogP contribution in [0.2, 0.25) is 0 Å². The summed E-state index contributed by atoms with van der Waals surface area (Å²) >= 11 is 1.49. The van der Waals surface area contributed by atoms with E-state index in [0.29, 0.717) is 16.9 Å². The molecule has 2 rings (SSSR count). The van der Waals surface area contributed by atoms with E-state index in [1.165, 1.54) is 11.8 Å². The standard InChI is InChI=1S/C11H19N5OS/c1-18-11-14-9(6-10(15-11)16-12)13-4-2-8-3-5-17-7-8/h6,8H,2-5,7,12H2,1H3,(H2,13,14,15,16). The topological polar surface area (TPSA) is 85.1 Å². The molecule has 7 heteroatoms. The molecule has 18 heavy (non-hydrogen) atoms. The highest BCUT2D eigenvalue weighted by Gasteiger charge is 2.14. The number of nitrogens with two attached hydrogens (primary N) is 1. The third-order valence-corrected chi connectivity index (χ3v) is 3.47. The molecule has 100 valence electrons. The Bertz CT molecular complexity index is 361. The first-order valence-corrected chi connectivity index (χ1v) is 7.25. The summed E-state index contributed by atoms with van der Waals surface area (Å²) in [7, 11) is 0. The van der Waals surface area contributed by atoms with Gasteiger partial charge in [-0.25, -0.2) is 15.8 Å². The predicted molar refractivity (Wildman–Crippen MR) is 73.7 cm³/mol. The molecule has 6 nitrogen and oxygen atoms in total. The molecule has 0 saturated carbocycles. The van der Waals surface area contributed by atoms with Gasteiger partial charge in [0.15, 0.2) is 5.16 Å². The number of ether oxygens (including phenoxy) is 1. The number of hydrogen-bond acceptors (Lipinski definition) is 7. The molecule has 2 heterocycles. The van der Waals surface area contributed by atoms with Crippen LogP contribution in [-0.2, 0) is 4.74 Å². The van der Waals surface area contributed by atoms with E-state index in [4.69, 9.17) is 10.6 Å². The highest BCUT2D eigenvalue weighted by Crippen LogP contribution is 2.18. The van der Waals surface area contributed by atoms with Gasteiger partial charge in [-0.3, -0.25) is 0 Å². The molecule has 4 N–H and O–H groups in total. The van der Waals surface area contributed by atoms with Crippen LogP contribution >= 0.6 is 11.8 Å². The van der Waals surface area contributed by atoms with E-state index in [-0.39, 0.29) is 0 Å². The number of rotatable bonds is 6. The molecule has 1 saturated heterocycles. The van der Waals surface area contributed by atoms with Crippen LogP contribution < -0.4 is 16.6 Å². The molecule has 1 atom stereocenters. The molecule has 0 radical (unpaired) electrons. The number of aromatic nitrogens is 2. The van der Waals surface area contributed by atoms with Crippen molar-refractivity contribution in [1.29, 1.82) is 0 Å². The summed E-state index contributed by atoms with van der Waals surface area (Å²) in [4.78, 5) is 8.59. The summed E-state index contributed by atoms with van der Waals surface area (Å²) in [6.45, 7) is 2.68. The maximum Gasteiger partial charge on any atom is 0.191 e. The number of nitrogens with one attached hydrogen (secondary N) is 2. The zero-order valence-corrected chi connectivity index (χ0v) is 11.3. The Balaban J connectivity index is 1.87. The van der Waals surface area contributed by atoms with Crippen LogP contribution in [0.15, 0.2) is 11.2 Å². The van der Waals surface area contributed by atoms with E-state index in [2.05, 4.69) is 20.7 Å². The normalized spacial score (nSPS) is 18.9. The second-order valence-electron chi connectivity index (χ2n) is 4.21. The molecule has 1 unspecified atom stereocenters. The molecule has 1 aromatic heterocycles. The van der Waals surface area contributed by atoms with Crippen molar-refractivity contribution in [3.8, 4) is 0 Å². The Hall–Kier alpha value is -1.05. The third kappa shape index (κ3) is 3.72. The first kappa shape index (κ1) is 13.4. The van der Waals surface area contributed by atoms with Gasteiger partial charge >= 0.3 is 0 Å². The Morgan fingerprint density at radius 1 is 1.50 bits per heavy atom. The van der Waals surface area contributed by atoms with E-state index < -0.39 is 0 Å². The summed E-state index contributed by atoms with van der Waals surface area (Å²) in [5.41, 5.74) is 2.55. The number of nitrogen functional groups attached to an aromatic ring is 1. The fourth-order valence-electron chi connectivity index (χ4n) is 1.90. The smallest absolute Gasteiger partial charge is 0.191 e. The van der Waals surface area contributed by atoms with Gasteiger partial charge in [0.05, 0.1) is 0 Å². The second kappa shape index (κ2) is 6.77. The van der Waals surface area contributed by atoms with Crippen LogP contribution in [-0.4, -0.2) is 36.0 Å². The molecule has 1 aliphatic rings. The molecule has 1 aliphatic heterocycles. The molecule has 1 fully saturated rings. The van der Waals surface area contributed by atoms with Crippen molar-refractivity contribution in [3.63, 3.8) is 0 Å². The Labute approximate surface area is 111 Å². The largest absolute Gasteiger partial charge is 0.381 e. The lowest BCUT2D eigenvalue weighted by Gasteiger charge is -2.10. The molecule has 1 aromatic rings. The van der Waals surface area contributed by atoms with Crippen LogP contribution in [0.4, 0.5) is 11.6 Å². The molecular weight excluding hydrogens is 250 g/mol. The minimum absolute atomic E-state index is 0.626. The lowest BCUT2D eigenvalue weighted by Crippen LogP contribution is -2.13. The quantitative estimate of drug-likeness (QED) is 0.311. The summed E-state index contributed by atoms with van der Waals surface area (Å²) in [6, 6.07) is 1.81. The Morgan fingerprint density at radius 3 is 3.00 bits per heavy atom. The molecule has 0 bridgehead atoms. The fourth-order valence-corrected chi connectivity index (χ4v) is 2.28. The summed E-state index contributed by atoms with van der Waals surface area (Å²) < 4.78 is 5.35. The van der Waals surface area contributed by atoms with Gasteiger partial charge in [-0.05, 0) is 25.0 Å². The van der Waals surface area contributed by atoms with Gasteiger partial charge in [0.25, 0.3) is 0 Å². The number of hydrogen-bond donors (Lipinski definition) is 3. The van der Waals surface area contributed by atoms with E-state index >= 15 is 0 Å². The molecular formula is C11H19N5OS. The van der Waals surface area contributed by atoms with Crippen LogP contribution in [0.1, 0.15) is 12.8 Å². The lowest BCUT2D eigenvalue weighted by molar-refractivity contribution is 0.185. The fraction of sp³-hybridized carbons (Fsp3) is 0.636. The van der Waals surface area contributed by atoms with E-state index in [9.17, 15) is 0 Å². The zero-order chi connectivity index (χ0) is 12.8. The average Bonchev–Trinajstić information content (AvgIpc) is 2.91. The number of nitrogens with zero attached hydrogens (tertiary/aromatic N) is 2. The zero-order valence-electron chi connectivity index (χ0n) is 10.5. The summed E-state index contributed by atoms with van der Waals surface area (Å²) in [6.07, 6.45) is 4.20. The van der Waals surface area contributed by atoms with Crippen molar-refractivity contribution in [1.82, 2.24) is 9.97 Å². The molecule has 0 aromatic carbocycles. The minimum atomic E-state index is 0.626. The first-order chi connectivity index (χ1) is 8.81. The molecule has 0 aliphatic carbocycles. The van der Waals surface area contributed by atoms with Crippen LogP contribution in [0.25, 0.3) is 0 Å². The van der Waals surface area contributed by atoms with Crippen molar-refractivity contribution in [2.45, 2.75) is 18.0 Å². The van der Waals surface area contributed by atoms with Crippen molar-refractivity contribution in [3.05, 3.63) is 6.07 Å². The van der Waals surface area contributed by atoms with Crippen LogP contribution in [0, 0.1) is 5.92 Å². The lowest BCUT2D eigenvalue weighted by atomic mass is 10.1. The number of hydrazine groups is 1. The van der Waals surface area contributed by atoms with Crippen molar-refractivity contribution in [2.24, 2.45) is 11.8 Å². The molecule has 0 amide bonds. The van der Waals surface area contributed by atoms with E-state index in [0.717, 1.165) is 38.4 Å². The second-order valence-corrected chi connectivity index (χ2v) is 4.99. The van der Waals surface area contributed by atoms with Crippen LogP contribution in [0.5, 0.6) is 0 Å². The van der Waals surface area contributed by atoms with Crippen LogP contribution in [0.3, 0.4) is 0 Å². The first-order valence-electron chi connectivity index (χ1n) is 6.03. The van der Waals surface area contributed by atoms with Gasteiger partial charge in [0.2, 0.25) is 0 Å². The van der Waals surface area contributed by atoms with E-state index in [1.807, 2.05) is 12.3 Å². The maximum absolute atomic E-state index is 5.38. The average molecular weight is 269 g/mol. The van der Waals surface area contributed by atoms with Gasteiger partial charge < -0.3 is 15.5 Å². The monoisotopic (exact) mass is 269 g/mol. The van der Waals surface area contributed by atoms with Gasteiger partial charge in [-0.1, -0.05) is 11.8 Å². The summed E-state index contributed by atoms with van der Waals surface area (Å²) in [5, 5.41) is 4.01.